The highest BCUT2D eigenvalue weighted by Crippen LogP contribution is 2.30. The first-order valence-electron chi connectivity index (χ1n) is 6.36. The van der Waals surface area contributed by atoms with Gasteiger partial charge in [0.2, 0.25) is 10.0 Å². The highest BCUT2D eigenvalue weighted by atomic mass is 32.2. The number of carboxylic acids is 1. The lowest BCUT2D eigenvalue weighted by Crippen LogP contribution is -2.11. The highest BCUT2D eigenvalue weighted by Gasteiger charge is 2.18. The van der Waals surface area contributed by atoms with Crippen molar-refractivity contribution < 1.29 is 31.5 Å². The summed E-state index contributed by atoms with van der Waals surface area (Å²) in [5, 5.41) is 13.9. The molecule has 0 atom stereocenters. The molecule has 10 heteroatoms. The maximum atomic E-state index is 11.8. The molecule has 0 radical (unpaired) electrons. The summed E-state index contributed by atoms with van der Waals surface area (Å²) in [7, 11) is -7.60. The van der Waals surface area contributed by atoms with Gasteiger partial charge in [0.25, 0.3) is 0 Å². The van der Waals surface area contributed by atoms with Crippen LogP contribution in [-0.2, 0) is 19.9 Å². The Morgan fingerprint density at radius 1 is 1.04 bits per heavy atom. The summed E-state index contributed by atoms with van der Waals surface area (Å²) in [5.74, 6) is -1.19. The Hall–Kier alpha value is -2.43. The molecule has 0 spiro atoms. The van der Waals surface area contributed by atoms with E-state index in [1.54, 1.807) is 0 Å². The van der Waals surface area contributed by atoms with Gasteiger partial charge in [-0.1, -0.05) is 0 Å². The molecule has 0 bridgehead atoms. The molecule has 2 rings (SSSR count). The Balaban J connectivity index is 2.44. The van der Waals surface area contributed by atoms with Crippen LogP contribution in [0.4, 0.5) is 0 Å². The molecular weight excluding hydrogens is 358 g/mol. The molecule has 0 aliphatic heterocycles. The van der Waals surface area contributed by atoms with E-state index in [1.807, 2.05) is 0 Å². The van der Waals surface area contributed by atoms with Crippen LogP contribution in [0.2, 0.25) is 0 Å². The van der Waals surface area contributed by atoms with Crippen LogP contribution in [0, 0.1) is 0 Å². The third-order valence-corrected chi connectivity index (χ3v) is 5.02. The van der Waals surface area contributed by atoms with Crippen LogP contribution in [0.25, 0.3) is 0 Å². The number of primary sulfonamides is 1. The lowest BCUT2D eigenvalue weighted by atomic mass is 10.2. The molecular formula is C14H13NO7S2. The lowest BCUT2D eigenvalue weighted by Gasteiger charge is -2.11. The van der Waals surface area contributed by atoms with Crippen LogP contribution in [0.3, 0.4) is 0 Å². The van der Waals surface area contributed by atoms with E-state index in [0.29, 0.717) is 0 Å². The van der Waals surface area contributed by atoms with Crippen molar-refractivity contribution in [3.8, 4) is 11.5 Å². The fourth-order valence-corrected chi connectivity index (χ4v) is 3.17. The number of hydrogen-bond acceptors (Lipinski definition) is 6. The third kappa shape index (κ3) is 4.10. The normalized spacial score (nSPS) is 11.9. The van der Waals surface area contributed by atoms with E-state index in [1.165, 1.54) is 36.4 Å². The summed E-state index contributed by atoms with van der Waals surface area (Å²) < 4.78 is 51.5. The predicted octanol–water partition coefficient (Wildman–Crippen LogP) is 1.23. The molecule has 0 aromatic heterocycles. The van der Waals surface area contributed by atoms with Gasteiger partial charge in [0.1, 0.15) is 16.4 Å². The number of rotatable bonds is 5. The average molecular weight is 371 g/mol. The summed E-state index contributed by atoms with van der Waals surface area (Å²) in [4.78, 5) is 10.6. The van der Waals surface area contributed by atoms with E-state index < -0.39 is 25.8 Å². The first-order valence-corrected chi connectivity index (χ1v) is 9.80. The van der Waals surface area contributed by atoms with E-state index in [9.17, 15) is 21.6 Å². The minimum Gasteiger partial charge on any atom is -0.478 e. The predicted molar refractivity (Wildman–Crippen MR) is 84.4 cm³/mol. The van der Waals surface area contributed by atoms with Gasteiger partial charge >= 0.3 is 5.97 Å². The minimum atomic E-state index is -3.86. The van der Waals surface area contributed by atoms with Gasteiger partial charge in [-0.05, 0) is 42.5 Å². The summed E-state index contributed by atoms with van der Waals surface area (Å²) in [6.45, 7) is 0. The Morgan fingerprint density at radius 3 is 2.08 bits per heavy atom. The average Bonchev–Trinajstić information content (AvgIpc) is 2.46. The minimum absolute atomic E-state index is 0.0779. The number of carboxylic acid groups (broad SMARTS) is 1. The Bertz CT molecular complexity index is 994. The number of sulfone groups is 1. The van der Waals surface area contributed by atoms with Gasteiger partial charge in [0.15, 0.2) is 9.84 Å². The van der Waals surface area contributed by atoms with Crippen molar-refractivity contribution in [1.82, 2.24) is 0 Å². The summed E-state index contributed by atoms with van der Waals surface area (Å²) in [5.41, 5.74) is -0.202. The van der Waals surface area contributed by atoms with Crippen molar-refractivity contribution in [2.75, 3.05) is 6.26 Å². The molecule has 8 nitrogen and oxygen atoms in total. The molecule has 24 heavy (non-hydrogen) atoms. The Kier molecular flexibility index (Phi) is 4.65. The van der Waals surface area contributed by atoms with Crippen LogP contribution < -0.4 is 9.88 Å². The van der Waals surface area contributed by atoms with E-state index >= 15 is 0 Å². The number of nitrogens with two attached hydrogens (primary N) is 1. The molecule has 3 N–H and O–H groups in total. The number of hydrogen-bond donors (Lipinski definition) is 2. The molecule has 128 valence electrons. The van der Waals surface area contributed by atoms with Gasteiger partial charge < -0.3 is 9.84 Å². The monoisotopic (exact) mass is 371 g/mol. The van der Waals surface area contributed by atoms with Gasteiger partial charge in [-0.2, -0.15) is 0 Å². The zero-order valence-corrected chi connectivity index (χ0v) is 14.0. The van der Waals surface area contributed by atoms with Gasteiger partial charge in [-0.15, -0.1) is 0 Å². The zero-order chi connectivity index (χ0) is 18.1. The number of carbonyl (C=O) groups is 1. The quantitative estimate of drug-likeness (QED) is 0.805. The van der Waals surface area contributed by atoms with Crippen LogP contribution in [0.15, 0.2) is 52.3 Å². The van der Waals surface area contributed by atoms with E-state index in [0.717, 1.165) is 12.3 Å². The first-order chi connectivity index (χ1) is 11.0. The second-order valence-corrected chi connectivity index (χ2v) is 8.40. The second-order valence-electron chi connectivity index (χ2n) is 4.86. The third-order valence-electron chi connectivity index (χ3n) is 2.97. The van der Waals surface area contributed by atoms with Crippen LogP contribution in [0.1, 0.15) is 10.4 Å². The Morgan fingerprint density at radius 2 is 1.62 bits per heavy atom. The maximum absolute atomic E-state index is 11.8. The van der Waals surface area contributed by atoms with Crippen molar-refractivity contribution in [3.63, 3.8) is 0 Å². The van der Waals surface area contributed by atoms with Crippen molar-refractivity contribution in [1.29, 1.82) is 0 Å². The molecule has 0 aliphatic carbocycles. The smallest absolute Gasteiger partial charge is 0.335 e. The number of ether oxygens (including phenoxy) is 1. The fourth-order valence-electron chi connectivity index (χ4n) is 1.84. The summed E-state index contributed by atoms with van der Waals surface area (Å²) in [6.07, 6.45) is 0.922. The molecule has 0 heterocycles. The van der Waals surface area contributed by atoms with Crippen LogP contribution in [0.5, 0.6) is 11.5 Å². The molecule has 0 saturated heterocycles. The van der Waals surface area contributed by atoms with Crippen molar-refractivity contribution in [3.05, 3.63) is 48.0 Å². The highest BCUT2D eigenvalue weighted by molar-refractivity contribution is 7.90. The Labute approximate surface area is 138 Å². The fraction of sp³-hybridized carbons (Fsp3) is 0.0714. The summed E-state index contributed by atoms with van der Waals surface area (Å²) >= 11 is 0. The maximum Gasteiger partial charge on any atom is 0.335 e. The van der Waals surface area contributed by atoms with Gasteiger partial charge in [-0.25, -0.2) is 26.8 Å². The van der Waals surface area contributed by atoms with Crippen molar-refractivity contribution >= 4 is 25.8 Å². The van der Waals surface area contributed by atoms with Crippen LogP contribution >= 0.6 is 0 Å². The number of benzene rings is 2. The van der Waals surface area contributed by atoms with Gasteiger partial charge in [0, 0.05) is 6.26 Å². The molecule has 0 fully saturated rings. The molecule has 2 aromatic carbocycles. The lowest BCUT2D eigenvalue weighted by molar-refractivity contribution is 0.0696. The van der Waals surface area contributed by atoms with Crippen molar-refractivity contribution in [2.24, 2.45) is 5.14 Å². The topological polar surface area (TPSA) is 141 Å². The van der Waals surface area contributed by atoms with E-state index in [-0.39, 0.29) is 26.9 Å². The molecule has 2 aromatic rings. The van der Waals surface area contributed by atoms with Crippen molar-refractivity contribution in [2.45, 2.75) is 9.79 Å². The van der Waals surface area contributed by atoms with Gasteiger partial charge in [0.05, 0.1) is 10.5 Å². The van der Waals surface area contributed by atoms with Crippen LogP contribution in [-0.4, -0.2) is 34.2 Å². The van der Waals surface area contributed by atoms with Gasteiger partial charge in [-0.3, -0.25) is 0 Å². The van der Waals surface area contributed by atoms with E-state index in [4.69, 9.17) is 15.0 Å². The molecule has 0 aliphatic rings. The zero-order valence-electron chi connectivity index (χ0n) is 12.3. The van der Waals surface area contributed by atoms with E-state index in [2.05, 4.69) is 0 Å². The molecule has 0 amide bonds. The number of aromatic carboxylic acids is 1. The molecule has 0 unspecified atom stereocenters. The largest absolute Gasteiger partial charge is 0.478 e. The number of sulfonamides is 1. The second kappa shape index (κ2) is 6.23. The summed E-state index contributed by atoms with van der Waals surface area (Å²) in [6, 6.07) is 8.42. The SMILES string of the molecule is CS(=O)(=O)c1cc(C(=O)O)ccc1Oc1ccc(S(N)(=O)=O)cc1. The molecule has 0 saturated carbocycles. The standard InChI is InChI=1S/C14H13NO7S2/c1-23(18,19)13-8-9(14(16)17)2-7-12(13)22-10-3-5-11(6-4-10)24(15,20)21/h2-8H,1H3,(H,16,17)(H2,15,20,21). The first kappa shape index (κ1) is 17.9.